The van der Waals surface area contributed by atoms with E-state index in [1.807, 2.05) is 0 Å². The van der Waals surface area contributed by atoms with Crippen LogP contribution >= 0.6 is 0 Å². The van der Waals surface area contributed by atoms with Gasteiger partial charge in [-0.05, 0) is 25.2 Å². The van der Waals surface area contributed by atoms with E-state index in [-0.39, 0.29) is 12.1 Å². The van der Waals surface area contributed by atoms with Gasteiger partial charge in [0.05, 0.1) is 0 Å². The van der Waals surface area contributed by atoms with Crippen LogP contribution in [0.2, 0.25) is 0 Å². The quantitative estimate of drug-likeness (QED) is 0.755. The van der Waals surface area contributed by atoms with E-state index in [1.54, 1.807) is 0 Å². The lowest BCUT2D eigenvalue weighted by atomic mass is 10.2. The van der Waals surface area contributed by atoms with Crippen molar-refractivity contribution in [2.24, 2.45) is 5.92 Å². The molecule has 5 heteroatoms. The van der Waals surface area contributed by atoms with Crippen LogP contribution in [-0.2, 0) is 4.79 Å². The zero-order valence-corrected chi connectivity index (χ0v) is 9.48. The van der Waals surface area contributed by atoms with Crippen molar-refractivity contribution in [1.82, 2.24) is 10.2 Å². The van der Waals surface area contributed by atoms with Gasteiger partial charge in [-0.1, -0.05) is 13.3 Å². The third kappa shape index (κ3) is 2.13. The predicted molar refractivity (Wildman–Crippen MR) is 58.1 cm³/mol. The Morgan fingerprint density at radius 1 is 1.50 bits per heavy atom. The van der Waals surface area contributed by atoms with E-state index in [1.165, 1.54) is 4.90 Å². The Bertz CT molecular complexity index is 306. The van der Waals surface area contributed by atoms with Crippen molar-refractivity contribution in [2.75, 3.05) is 6.54 Å². The highest BCUT2D eigenvalue weighted by Crippen LogP contribution is 2.33. The van der Waals surface area contributed by atoms with E-state index in [0.717, 1.165) is 19.3 Å². The number of carboxylic acids is 1. The van der Waals surface area contributed by atoms with Crippen LogP contribution in [0.4, 0.5) is 4.79 Å². The van der Waals surface area contributed by atoms with Crippen molar-refractivity contribution in [3.63, 3.8) is 0 Å². The molecule has 5 nitrogen and oxygen atoms in total. The molecule has 2 unspecified atom stereocenters. The van der Waals surface area contributed by atoms with E-state index in [4.69, 9.17) is 5.11 Å². The second-order valence-electron chi connectivity index (χ2n) is 4.65. The van der Waals surface area contributed by atoms with Gasteiger partial charge in [0.25, 0.3) is 0 Å². The molecule has 3 atom stereocenters. The van der Waals surface area contributed by atoms with Crippen molar-refractivity contribution in [2.45, 2.75) is 44.7 Å². The number of carbonyl (C=O) groups is 2. The molecule has 0 aromatic rings. The SMILES string of the molecule is CCC1CC1NC(=O)N1CCC[C@H]1C(=O)O. The molecule has 0 bridgehead atoms. The number of carbonyl (C=O) groups excluding carboxylic acids is 1. The highest BCUT2D eigenvalue weighted by atomic mass is 16.4. The van der Waals surface area contributed by atoms with Gasteiger partial charge < -0.3 is 15.3 Å². The largest absolute Gasteiger partial charge is 0.480 e. The zero-order valence-electron chi connectivity index (χ0n) is 9.48. The average Bonchev–Trinajstić information content (AvgIpc) is 2.80. The van der Waals surface area contributed by atoms with E-state index < -0.39 is 12.0 Å². The molecule has 0 aromatic heterocycles. The molecule has 1 saturated carbocycles. The summed E-state index contributed by atoms with van der Waals surface area (Å²) in [5, 5.41) is 11.9. The Hall–Kier alpha value is -1.26. The first-order chi connectivity index (χ1) is 7.63. The number of likely N-dealkylation sites (tertiary alicyclic amines) is 1. The summed E-state index contributed by atoms with van der Waals surface area (Å²) in [5.41, 5.74) is 0. The van der Waals surface area contributed by atoms with Gasteiger partial charge in [-0.2, -0.15) is 0 Å². The molecule has 1 aliphatic heterocycles. The highest BCUT2D eigenvalue weighted by molar-refractivity contribution is 5.83. The Labute approximate surface area is 94.8 Å². The van der Waals surface area contributed by atoms with Gasteiger partial charge >= 0.3 is 12.0 Å². The molecule has 0 aromatic carbocycles. The van der Waals surface area contributed by atoms with E-state index >= 15 is 0 Å². The number of urea groups is 1. The number of nitrogens with one attached hydrogen (secondary N) is 1. The first-order valence-corrected chi connectivity index (χ1v) is 5.93. The molecular formula is C11H18N2O3. The molecule has 1 aliphatic carbocycles. The van der Waals surface area contributed by atoms with Crippen LogP contribution in [0.5, 0.6) is 0 Å². The third-order valence-electron chi connectivity index (χ3n) is 3.55. The van der Waals surface area contributed by atoms with Crippen molar-refractivity contribution in [3.8, 4) is 0 Å². The molecule has 2 fully saturated rings. The zero-order chi connectivity index (χ0) is 11.7. The number of hydrogen-bond acceptors (Lipinski definition) is 2. The third-order valence-corrected chi connectivity index (χ3v) is 3.55. The summed E-state index contributed by atoms with van der Waals surface area (Å²) < 4.78 is 0. The van der Waals surface area contributed by atoms with E-state index in [9.17, 15) is 9.59 Å². The van der Waals surface area contributed by atoms with Crippen LogP contribution in [0.25, 0.3) is 0 Å². The molecule has 1 saturated heterocycles. The van der Waals surface area contributed by atoms with E-state index in [2.05, 4.69) is 12.2 Å². The Morgan fingerprint density at radius 2 is 2.25 bits per heavy atom. The summed E-state index contributed by atoms with van der Waals surface area (Å²) >= 11 is 0. The molecule has 0 radical (unpaired) electrons. The molecule has 2 aliphatic rings. The topological polar surface area (TPSA) is 69.6 Å². The summed E-state index contributed by atoms with van der Waals surface area (Å²) in [6.45, 7) is 2.67. The standard InChI is InChI=1S/C11H18N2O3/c1-2-7-6-8(7)12-11(16)13-5-3-4-9(13)10(14)15/h7-9H,2-6H2,1H3,(H,12,16)(H,14,15)/t7?,8?,9-/m0/s1. The Balaban J connectivity index is 1.87. The summed E-state index contributed by atoms with van der Waals surface area (Å²) in [6.07, 6.45) is 3.47. The lowest BCUT2D eigenvalue weighted by Crippen LogP contribution is -2.46. The van der Waals surface area contributed by atoms with Gasteiger partial charge in [-0.25, -0.2) is 9.59 Å². The maximum Gasteiger partial charge on any atom is 0.326 e. The van der Waals surface area contributed by atoms with E-state index in [0.29, 0.717) is 18.9 Å². The number of carboxylic acid groups (broad SMARTS) is 1. The average molecular weight is 226 g/mol. The van der Waals surface area contributed by atoms with Crippen LogP contribution in [0.3, 0.4) is 0 Å². The smallest absolute Gasteiger partial charge is 0.326 e. The normalized spacial score (nSPS) is 32.6. The molecule has 0 spiro atoms. The van der Waals surface area contributed by atoms with Crippen LogP contribution in [0.1, 0.15) is 32.6 Å². The summed E-state index contributed by atoms with van der Waals surface area (Å²) in [7, 11) is 0. The highest BCUT2D eigenvalue weighted by Gasteiger charge is 2.40. The van der Waals surface area contributed by atoms with Gasteiger partial charge in [-0.3, -0.25) is 0 Å². The van der Waals surface area contributed by atoms with Crippen molar-refractivity contribution >= 4 is 12.0 Å². The number of hydrogen-bond donors (Lipinski definition) is 2. The first-order valence-electron chi connectivity index (χ1n) is 5.93. The summed E-state index contributed by atoms with van der Waals surface area (Å²) in [6, 6.07) is -0.558. The van der Waals surface area contributed by atoms with Crippen molar-refractivity contribution < 1.29 is 14.7 Å². The molecule has 90 valence electrons. The van der Waals surface area contributed by atoms with Gasteiger partial charge in [0.1, 0.15) is 6.04 Å². The van der Waals surface area contributed by atoms with Crippen LogP contribution in [0, 0.1) is 5.92 Å². The lowest BCUT2D eigenvalue weighted by molar-refractivity contribution is -0.141. The fraction of sp³-hybridized carbons (Fsp3) is 0.818. The van der Waals surface area contributed by atoms with Gasteiger partial charge in [0.2, 0.25) is 0 Å². The van der Waals surface area contributed by atoms with Crippen LogP contribution < -0.4 is 5.32 Å². The Morgan fingerprint density at radius 3 is 2.81 bits per heavy atom. The fourth-order valence-corrected chi connectivity index (χ4v) is 2.38. The maximum absolute atomic E-state index is 11.8. The number of nitrogens with zero attached hydrogens (tertiary/aromatic N) is 1. The lowest BCUT2D eigenvalue weighted by Gasteiger charge is -2.21. The van der Waals surface area contributed by atoms with Gasteiger partial charge in [0, 0.05) is 12.6 Å². The minimum absolute atomic E-state index is 0.203. The predicted octanol–water partition coefficient (Wildman–Crippen LogP) is 1.04. The molecule has 2 rings (SSSR count). The minimum atomic E-state index is -0.893. The molecule has 1 heterocycles. The maximum atomic E-state index is 11.8. The van der Waals surface area contributed by atoms with Crippen LogP contribution in [-0.4, -0.2) is 40.6 Å². The van der Waals surface area contributed by atoms with Gasteiger partial charge in [0.15, 0.2) is 0 Å². The Kier molecular flexibility index (Phi) is 3.03. The number of aliphatic carboxylic acids is 1. The number of amides is 2. The first kappa shape index (κ1) is 11.2. The summed E-state index contributed by atoms with van der Waals surface area (Å²) in [5.74, 6) is -0.301. The van der Waals surface area contributed by atoms with Crippen molar-refractivity contribution in [1.29, 1.82) is 0 Å². The van der Waals surface area contributed by atoms with Crippen molar-refractivity contribution in [3.05, 3.63) is 0 Å². The number of rotatable bonds is 3. The van der Waals surface area contributed by atoms with Gasteiger partial charge in [-0.15, -0.1) is 0 Å². The molecule has 16 heavy (non-hydrogen) atoms. The fourth-order valence-electron chi connectivity index (χ4n) is 2.38. The molecule has 2 amide bonds. The second kappa shape index (κ2) is 4.31. The summed E-state index contributed by atoms with van der Waals surface area (Å²) in [4.78, 5) is 24.2. The molecular weight excluding hydrogens is 208 g/mol. The molecule has 2 N–H and O–H groups in total. The second-order valence-corrected chi connectivity index (χ2v) is 4.65. The van der Waals surface area contributed by atoms with Crippen LogP contribution in [0.15, 0.2) is 0 Å². The monoisotopic (exact) mass is 226 g/mol. The minimum Gasteiger partial charge on any atom is -0.480 e.